The Morgan fingerprint density at radius 3 is 2.30 bits per heavy atom. The van der Waals surface area contributed by atoms with Crippen LogP contribution in [0.2, 0.25) is 0 Å². The average Bonchev–Trinajstić information content (AvgIpc) is 3.26. The van der Waals surface area contributed by atoms with Crippen LogP contribution in [0.4, 0.5) is 5.69 Å². The maximum atomic E-state index is 12.5. The number of sulfonamides is 1. The van der Waals surface area contributed by atoms with Gasteiger partial charge in [-0.15, -0.1) is 0 Å². The molecule has 9 heteroatoms. The third kappa shape index (κ3) is 3.38. The standard InChI is InChI=1S/C18H16N2O6S/c21-17-7-8-18(22)20(17)13-2-4-14(5-3-13)27(23,24)19-10-12-1-6-15-16(9-12)26-11-25-15/h1-6,9,19H,7-8,10-11H2. The molecule has 140 valence electrons. The molecule has 0 aromatic heterocycles. The lowest BCUT2D eigenvalue weighted by molar-refractivity contribution is -0.121. The van der Waals surface area contributed by atoms with E-state index in [-0.39, 0.29) is 42.9 Å². The van der Waals surface area contributed by atoms with Crippen LogP contribution in [0.5, 0.6) is 11.5 Å². The molecule has 2 heterocycles. The minimum absolute atomic E-state index is 0.0473. The van der Waals surface area contributed by atoms with Crippen molar-refractivity contribution in [2.75, 3.05) is 11.7 Å². The summed E-state index contributed by atoms with van der Waals surface area (Å²) in [7, 11) is -3.75. The molecule has 0 saturated carbocycles. The number of nitrogens with one attached hydrogen (secondary N) is 1. The molecule has 0 atom stereocenters. The molecule has 2 aliphatic heterocycles. The van der Waals surface area contributed by atoms with Gasteiger partial charge in [0.25, 0.3) is 0 Å². The predicted octanol–water partition coefficient (Wildman–Crippen LogP) is 1.55. The number of nitrogens with zero attached hydrogens (tertiary/aromatic N) is 1. The van der Waals surface area contributed by atoms with Crippen LogP contribution in [0.25, 0.3) is 0 Å². The first-order chi connectivity index (χ1) is 12.9. The Morgan fingerprint density at radius 1 is 0.926 bits per heavy atom. The summed E-state index contributed by atoms with van der Waals surface area (Å²) in [4.78, 5) is 24.7. The van der Waals surface area contributed by atoms with Gasteiger partial charge in [-0.25, -0.2) is 13.1 Å². The molecule has 4 rings (SSSR count). The summed E-state index contributed by atoms with van der Waals surface area (Å²) in [5.41, 5.74) is 1.10. The van der Waals surface area contributed by atoms with Gasteiger partial charge < -0.3 is 9.47 Å². The van der Waals surface area contributed by atoms with Gasteiger partial charge >= 0.3 is 0 Å². The lowest BCUT2D eigenvalue weighted by Crippen LogP contribution is -2.28. The zero-order valence-corrected chi connectivity index (χ0v) is 15.0. The first-order valence-electron chi connectivity index (χ1n) is 8.28. The summed E-state index contributed by atoms with van der Waals surface area (Å²) in [6.45, 7) is 0.239. The van der Waals surface area contributed by atoms with Crippen molar-refractivity contribution >= 4 is 27.5 Å². The van der Waals surface area contributed by atoms with E-state index in [2.05, 4.69) is 4.72 Å². The molecule has 2 aromatic carbocycles. The van der Waals surface area contributed by atoms with Gasteiger partial charge in [0, 0.05) is 19.4 Å². The lowest BCUT2D eigenvalue weighted by Gasteiger charge is -2.14. The van der Waals surface area contributed by atoms with Gasteiger partial charge in [0.05, 0.1) is 10.6 Å². The molecular weight excluding hydrogens is 372 g/mol. The number of hydrogen-bond donors (Lipinski definition) is 1. The first kappa shape index (κ1) is 17.5. The van der Waals surface area contributed by atoms with Crippen LogP contribution in [-0.4, -0.2) is 27.0 Å². The predicted molar refractivity (Wildman–Crippen MR) is 94.8 cm³/mol. The number of imide groups is 1. The Morgan fingerprint density at radius 2 is 1.59 bits per heavy atom. The topological polar surface area (TPSA) is 102 Å². The molecule has 0 spiro atoms. The average molecular weight is 388 g/mol. The van der Waals surface area contributed by atoms with Crippen LogP contribution in [0.1, 0.15) is 18.4 Å². The van der Waals surface area contributed by atoms with Crippen LogP contribution in [0.15, 0.2) is 47.4 Å². The van der Waals surface area contributed by atoms with Gasteiger partial charge in [0.1, 0.15) is 0 Å². The molecule has 2 aromatic rings. The van der Waals surface area contributed by atoms with Crippen molar-refractivity contribution in [1.82, 2.24) is 4.72 Å². The molecule has 0 bridgehead atoms. The fourth-order valence-electron chi connectivity index (χ4n) is 2.95. The van der Waals surface area contributed by atoms with Crippen LogP contribution in [0, 0.1) is 0 Å². The SMILES string of the molecule is O=C1CCC(=O)N1c1ccc(S(=O)(=O)NCc2ccc3c(c2)OCO3)cc1. The van der Waals surface area contributed by atoms with Crippen molar-refractivity contribution in [1.29, 1.82) is 0 Å². The Bertz CT molecular complexity index is 1000. The number of ether oxygens (including phenoxy) is 2. The summed E-state index contributed by atoms with van der Waals surface area (Å²) in [5, 5.41) is 0. The number of rotatable bonds is 5. The summed E-state index contributed by atoms with van der Waals surface area (Å²) in [6.07, 6.45) is 0.353. The van der Waals surface area contributed by atoms with E-state index >= 15 is 0 Å². The normalized spacial score (nSPS) is 16.2. The summed E-state index contributed by atoms with van der Waals surface area (Å²) in [6, 6.07) is 10.9. The molecular formula is C18H16N2O6S. The maximum absolute atomic E-state index is 12.5. The quantitative estimate of drug-likeness (QED) is 0.780. The Kier molecular flexibility index (Phi) is 4.33. The zero-order valence-electron chi connectivity index (χ0n) is 14.2. The molecule has 1 fully saturated rings. The highest BCUT2D eigenvalue weighted by Gasteiger charge is 2.30. The fourth-order valence-corrected chi connectivity index (χ4v) is 3.97. The number of carbonyl (C=O) groups is 2. The van der Waals surface area contributed by atoms with Crippen LogP contribution >= 0.6 is 0 Å². The van der Waals surface area contributed by atoms with Crippen molar-refractivity contribution < 1.29 is 27.5 Å². The van der Waals surface area contributed by atoms with Gasteiger partial charge in [-0.3, -0.25) is 14.5 Å². The van der Waals surface area contributed by atoms with E-state index in [0.717, 1.165) is 10.5 Å². The molecule has 27 heavy (non-hydrogen) atoms. The maximum Gasteiger partial charge on any atom is 0.240 e. The van der Waals surface area contributed by atoms with E-state index in [9.17, 15) is 18.0 Å². The molecule has 1 N–H and O–H groups in total. The van der Waals surface area contributed by atoms with Crippen LogP contribution in [-0.2, 0) is 26.2 Å². The summed E-state index contributed by atoms with van der Waals surface area (Å²) in [5.74, 6) is 0.646. The fraction of sp³-hybridized carbons (Fsp3) is 0.222. The number of amides is 2. The highest BCUT2D eigenvalue weighted by Crippen LogP contribution is 2.32. The second-order valence-corrected chi connectivity index (χ2v) is 7.90. The van der Waals surface area contributed by atoms with Gasteiger partial charge in [-0.1, -0.05) is 6.07 Å². The van der Waals surface area contributed by atoms with Crippen LogP contribution < -0.4 is 19.1 Å². The van der Waals surface area contributed by atoms with Crippen molar-refractivity contribution in [2.45, 2.75) is 24.3 Å². The van der Waals surface area contributed by atoms with Gasteiger partial charge in [-0.05, 0) is 42.0 Å². The molecule has 8 nitrogen and oxygen atoms in total. The molecule has 0 unspecified atom stereocenters. The zero-order chi connectivity index (χ0) is 19.0. The minimum Gasteiger partial charge on any atom is -0.454 e. The van der Waals surface area contributed by atoms with Gasteiger partial charge in [0.15, 0.2) is 11.5 Å². The Hall–Kier alpha value is -2.91. The number of hydrogen-bond acceptors (Lipinski definition) is 6. The number of benzene rings is 2. The largest absolute Gasteiger partial charge is 0.454 e. The van der Waals surface area contributed by atoms with Crippen molar-refractivity contribution in [3.8, 4) is 11.5 Å². The van der Waals surface area contributed by atoms with Crippen molar-refractivity contribution in [3.63, 3.8) is 0 Å². The smallest absolute Gasteiger partial charge is 0.240 e. The lowest BCUT2D eigenvalue weighted by atomic mass is 10.2. The van der Waals surface area contributed by atoms with Gasteiger partial charge in [-0.2, -0.15) is 0 Å². The van der Waals surface area contributed by atoms with Crippen molar-refractivity contribution in [3.05, 3.63) is 48.0 Å². The van der Waals surface area contributed by atoms with E-state index in [1.54, 1.807) is 18.2 Å². The third-order valence-corrected chi connectivity index (χ3v) is 5.78. The van der Waals surface area contributed by atoms with Crippen LogP contribution in [0.3, 0.4) is 0 Å². The van der Waals surface area contributed by atoms with Gasteiger partial charge in [0.2, 0.25) is 28.6 Å². The number of fused-ring (bicyclic) bond motifs is 1. The Balaban J connectivity index is 1.47. The monoisotopic (exact) mass is 388 g/mol. The summed E-state index contributed by atoms with van der Waals surface area (Å²) >= 11 is 0. The van der Waals surface area contributed by atoms with E-state index in [0.29, 0.717) is 17.2 Å². The highest BCUT2D eigenvalue weighted by atomic mass is 32.2. The van der Waals surface area contributed by atoms with E-state index in [4.69, 9.17) is 9.47 Å². The summed E-state index contributed by atoms with van der Waals surface area (Å²) < 4.78 is 38.0. The third-order valence-electron chi connectivity index (χ3n) is 4.36. The second kappa shape index (κ2) is 6.67. The molecule has 0 aliphatic carbocycles. The number of anilines is 1. The second-order valence-electron chi connectivity index (χ2n) is 6.13. The Labute approximate surface area is 155 Å². The van der Waals surface area contributed by atoms with E-state index in [1.165, 1.54) is 24.3 Å². The molecule has 1 saturated heterocycles. The number of carbonyl (C=O) groups excluding carboxylic acids is 2. The van der Waals surface area contributed by atoms with E-state index in [1.807, 2.05) is 0 Å². The van der Waals surface area contributed by atoms with Crippen molar-refractivity contribution in [2.24, 2.45) is 0 Å². The molecule has 2 aliphatic rings. The molecule has 0 radical (unpaired) electrons. The van der Waals surface area contributed by atoms with E-state index < -0.39 is 10.0 Å². The molecule has 2 amide bonds. The highest BCUT2D eigenvalue weighted by molar-refractivity contribution is 7.89. The minimum atomic E-state index is -3.75. The first-order valence-corrected chi connectivity index (χ1v) is 9.76.